The van der Waals surface area contributed by atoms with E-state index in [1.165, 1.54) is 0 Å². The molecule has 0 fully saturated rings. The number of aromatic nitrogens is 2. The third kappa shape index (κ3) is 5.26. The van der Waals surface area contributed by atoms with E-state index in [4.69, 9.17) is 9.84 Å². The summed E-state index contributed by atoms with van der Waals surface area (Å²) in [5.74, 6) is 0.940. The highest BCUT2D eigenvalue weighted by atomic mass is 32.2. The molecule has 0 bridgehead atoms. The van der Waals surface area contributed by atoms with Crippen molar-refractivity contribution in [3.8, 4) is 5.75 Å². The van der Waals surface area contributed by atoms with Crippen LogP contribution in [0.2, 0.25) is 0 Å². The van der Waals surface area contributed by atoms with Crippen LogP contribution in [0.1, 0.15) is 18.4 Å². The van der Waals surface area contributed by atoms with Gasteiger partial charge in [-0.2, -0.15) is 0 Å². The van der Waals surface area contributed by atoms with E-state index in [9.17, 15) is 4.79 Å². The number of nitrogens with one attached hydrogen (secondary N) is 1. The van der Waals surface area contributed by atoms with Gasteiger partial charge in [0, 0.05) is 5.75 Å². The van der Waals surface area contributed by atoms with Crippen LogP contribution in [0, 0.1) is 0 Å². The summed E-state index contributed by atoms with van der Waals surface area (Å²) < 4.78 is 5.69. The summed E-state index contributed by atoms with van der Waals surface area (Å²) in [4.78, 5) is 18.5. The zero-order valence-corrected chi connectivity index (χ0v) is 14.6. The average molecular weight is 356 g/mol. The van der Waals surface area contributed by atoms with Crippen LogP contribution in [0.5, 0.6) is 5.75 Å². The Labute approximate surface area is 150 Å². The third-order valence-electron chi connectivity index (χ3n) is 3.69. The van der Waals surface area contributed by atoms with Crippen molar-refractivity contribution < 1.29 is 14.6 Å². The van der Waals surface area contributed by atoms with Gasteiger partial charge < -0.3 is 14.8 Å². The smallest absolute Gasteiger partial charge is 0.307 e. The van der Waals surface area contributed by atoms with Gasteiger partial charge in [-0.15, -0.1) is 0 Å². The van der Waals surface area contributed by atoms with Crippen molar-refractivity contribution in [1.82, 2.24) is 9.97 Å². The summed E-state index contributed by atoms with van der Waals surface area (Å²) in [6.07, 6.45) is 2.04. The van der Waals surface area contributed by atoms with Crippen LogP contribution in [-0.2, 0) is 11.2 Å². The summed E-state index contributed by atoms with van der Waals surface area (Å²) in [7, 11) is 0. The van der Waals surface area contributed by atoms with Gasteiger partial charge in [0.05, 0.1) is 24.1 Å². The lowest BCUT2D eigenvalue weighted by Crippen LogP contribution is -2.01. The number of para-hydroxylation sites is 2. The monoisotopic (exact) mass is 356 g/mol. The predicted octanol–water partition coefficient (Wildman–Crippen LogP) is 4.14. The van der Waals surface area contributed by atoms with Crippen LogP contribution in [0.25, 0.3) is 11.0 Å². The number of carboxylic acids is 1. The molecule has 0 atom stereocenters. The van der Waals surface area contributed by atoms with Gasteiger partial charge in [0.15, 0.2) is 5.16 Å². The minimum atomic E-state index is -0.823. The number of benzene rings is 2. The first-order chi connectivity index (χ1) is 12.2. The van der Waals surface area contributed by atoms with Crippen LogP contribution in [0.3, 0.4) is 0 Å². The van der Waals surface area contributed by atoms with Crippen molar-refractivity contribution in [3.63, 3.8) is 0 Å². The van der Waals surface area contributed by atoms with Crippen molar-refractivity contribution in [2.24, 2.45) is 0 Å². The van der Waals surface area contributed by atoms with Crippen molar-refractivity contribution in [3.05, 3.63) is 54.1 Å². The van der Waals surface area contributed by atoms with Gasteiger partial charge in [-0.25, -0.2) is 4.98 Å². The molecule has 2 N–H and O–H groups in total. The number of ether oxygens (including phenoxy) is 1. The second kappa shape index (κ2) is 8.58. The van der Waals surface area contributed by atoms with Crippen LogP contribution in [0.15, 0.2) is 53.7 Å². The maximum atomic E-state index is 10.6. The average Bonchev–Trinajstić information content (AvgIpc) is 3.01. The number of carboxylic acid groups (broad SMARTS) is 1. The molecular formula is C19H20N2O3S. The number of aliphatic carboxylic acids is 1. The van der Waals surface area contributed by atoms with Crippen molar-refractivity contribution >= 4 is 28.8 Å². The summed E-state index contributed by atoms with van der Waals surface area (Å²) in [6, 6.07) is 15.3. The van der Waals surface area contributed by atoms with Gasteiger partial charge >= 0.3 is 5.97 Å². The SMILES string of the molecule is O=C(O)Cc1ccc(OCCCCSc2nc3ccccc3[nH]2)cc1. The first-order valence-electron chi connectivity index (χ1n) is 8.22. The number of thioether (sulfide) groups is 1. The molecule has 0 amide bonds. The Morgan fingerprint density at radius 3 is 2.68 bits per heavy atom. The molecule has 2 aromatic carbocycles. The molecule has 25 heavy (non-hydrogen) atoms. The molecule has 0 spiro atoms. The molecular weight excluding hydrogens is 336 g/mol. The van der Waals surface area contributed by atoms with Gasteiger partial charge in [0.2, 0.25) is 0 Å². The Kier molecular flexibility index (Phi) is 5.95. The van der Waals surface area contributed by atoms with Crippen molar-refractivity contribution in [2.75, 3.05) is 12.4 Å². The molecule has 0 aliphatic heterocycles. The van der Waals surface area contributed by atoms with Crippen molar-refractivity contribution in [1.29, 1.82) is 0 Å². The maximum Gasteiger partial charge on any atom is 0.307 e. The molecule has 0 unspecified atom stereocenters. The molecule has 5 nitrogen and oxygen atoms in total. The Morgan fingerprint density at radius 1 is 1.12 bits per heavy atom. The molecule has 0 radical (unpaired) electrons. The number of aromatic amines is 1. The molecule has 130 valence electrons. The number of hydrogen-bond donors (Lipinski definition) is 2. The van der Waals surface area contributed by atoms with E-state index < -0.39 is 5.97 Å². The van der Waals surface area contributed by atoms with Crippen molar-refractivity contribution in [2.45, 2.75) is 24.4 Å². The molecule has 0 aliphatic carbocycles. The van der Waals surface area contributed by atoms with Gasteiger partial charge in [0.25, 0.3) is 0 Å². The Morgan fingerprint density at radius 2 is 1.92 bits per heavy atom. The molecule has 6 heteroatoms. The molecule has 0 saturated heterocycles. The van der Waals surface area contributed by atoms with Crippen LogP contribution >= 0.6 is 11.8 Å². The minimum Gasteiger partial charge on any atom is -0.494 e. The van der Waals surface area contributed by atoms with E-state index in [1.807, 2.05) is 36.4 Å². The fourth-order valence-corrected chi connectivity index (χ4v) is 3.33. The highest BCUT2D eigenvalue weighted by molar-refractivity contribution is 7.99. The van der Waals surface area contributed by atoms with E-state index >= 15 is 0 Å². The molecule has 1 aromatic heterocycles. The van der Waals surface area contributed by atoms with E-state index in [1.54, 1.807) is 23.9 Å². The first-order valence-corrected chi connectivity index (χ1v) is 9.20. The normalized spacial score (nSPS) is 10.9. The lowest BCUT2D eigenvalue weighted by atomic mass is 10.1. The molecule has 1 heterocycles. The summed E-state index contributed by atoms with van der Waals surface area (Å²) in [5.41, 5.74) is 2.85. The van der Waals surface area contributed by atoms with Gasteiger partial charge in [-0.05, 0) is 42.7 Å². The number of fused-ring (bicyclic) bond motifs is 1. The summed E-state index contributed by atoms with van der Waals surface area (Å²) in [6.45, 7) is 0.652. The third-order valence-corrected chi connectivity index (χ3v) is 4.65. The van der Waals surface area contributed by atoms with Gasteiger partial charge in [-0.1, -0.05) is 36.0 Å². The number of hydrogen-bond acceptors (Lipinski definition) is 4. The number of unbranched alkanes of at least 4 members (excludes halogenated alkanes) is 1. The number of nitrogens with zero attached hydrogens (tertiary/aromatic N) is 1. The predicted molar refractivity (Wildman–Crippen MR) is 99.3 cm³/mol. The highest BCUT2D eigenvalue weighted by Crippen LogP contribution is 2.20. The molecule has 0 aliphatic rings. The largest absolute Gasteiger partial charge is 0.494 e. The minimum absolute atomic E-state index is 0.0410. The van der Waals surface area contributed by atoms with Gasteiger partial charge in [0.1, 0.15) is 5.75 Å². The number of carbonyl (C=O) groups is 1. The summed E-state index contributed by atoms with van der Waals surface area (Å²) in [5, 5.41) is 9.70. The van der Waals surface area contributed by atoms with Crippen LogP contribution in [-0.4, -0.2) is 33.4 Å². The molecule has 0 saturated carbocycles. The quantitative estimate of drug-likeness (QED) is 0.445. The number of H-pyrrole nitrogens is 1. The first kappa shape index (κ1) is 17.4. The zero-order chi connectivity index (χ0) is 17.5. The lowest BCUT2D eigenvalue weighted by molar-refractivity contribution is -0.136. The molecule has 3 rings (SSSR count). The van der Waals surface area contributed by atoms with E-state index in [0.29, 0.717) is 6.61 Å². The van der Waals surface area contributed by atoms with E-state index in [-0.39, 0.29) is 6.42 Å². The maximum absolute atomic E-state index is 10.6. The van der Waals surface area contributed by atoms with E-state index in [2.05, 4.69) is 9.97 Å². The lowest BCUT2D eigenvalue weighted by Gasteiger charge is -2.06. The number of imidazole rings is 1. The Hall–Kier alpha value is -2.47. The topological polar surface area (TPSA) is 75.2 Å². The second-order valence-corrected chi connectivity index (χ2v) is 6.76. The fourth-order valence-electron chi connectivity index (χ4n) is 2.44. The zero-order valence-electron chi connectivity index (χ0n) is 13.8. The van der Waals surface area contributed by atoms with E-state index in [0.717, 1.165) is 46.1 Å². The van der Waals surface area contributed by atoms with Crippen LogP contribution in [0.4, 0.5) is 0 Å². The highest BCUT2D eigenvalue weighted by Gasteiger charge is 2.03. The summed E-state index contributed by atoms with van der Waals surface area (Å²) >= 11 is 1.72. The Balaban J connectivity index is 1.34. The van der Waals surface area contributed by atoms with Crippen LogP contribution < -0.4 is 4.74 Å². The Bertz CT molecular complexity index is 797. The molecule has 3 aromatic rings. The standard InChI is InChI=1S/C19H20N2O3S/c22-18(23)13-14-7-9-15(10-8-14)24-11-3-4-12-25-19-20-16-5-1-2-6-17(16)21-19/h1-2,5-10H,3-4,11-13H2,(H,20,21)(H,22,23). The second-order valence-electron chi connectivity index (χ2n) is 5.68. The fraction of sp³-hybridized carbons (Fsp3) is 0.263. The van der Waals surface area contributed by atoms with Gasteiger partial charge in [-0.3, -0.25) is 4.79 Å². The number of rotatable bonds is 9.